The molecule has 2 heterocycles. The summed E-state index contributed by atoms with van der Waals surface area (Å²) < 4.78 is 2.26. The van der Waals surface area contributed by atoms with Gasteiger partial charge in [0, 0.05) is 29.4 Å². The molecule has 2 aromatic rings. The Balaban J connectivity index is 2.35. The van der Waals surface area contributed by atoms with Gasteiger partial charge in [0.1, 0.15) is 0 Å². The molecule has 1 fully saturated rings. The maximum atomic E-state index is 5.47. The first-order valence-electron chi connectivity index (χ1n) is 4.81. The van der Waals surface area contributed by atoms with Crippen molar-refractivity contribution in [2.24, 2.45) is 0 Å². The Labute approximate surface area is 82.6 Å². The summed E-state index contributed by atoms with van der Waals surface area (Å²) in [6.07, 6.45) is 13.8. The van der Waals surface area contributed by atoms with E-state index in [1.807, 2.05) is 12.3 Å². The molecule has 0 aliphatic heterocycles. The molecule has 1 aliphatic rings. The fourth-order valence-corrected chi connectivity index (χ4v) is 1.87. The highest BCUT2D eigenvalue weighted by molar-refractivity contribution is 5.86. The van der Waals surface area contributed by atoms with E-state index in [2.05, 4.69) is 21.7 Å². The highest BCUT2D eigenvalue weighted by Crippen LogP contribution is 2.38. The van der Waals surface area contributed by atoms with Gasteiger partial charge in [-0.3, -0.25) is 4.98 Å². The van der Waals surface area contributed by atoms with Crippen LogP contribution in [0.4, 0.5) is 0 Å². The van der Waals surface area contributed by atoms with Crippen LogP contribution in [0.3, 0.4) is 0 Å². The molecule has 0 spiro atoms. The van der Waals surface area contributed by atoms with Crippen LogP contribution in [0, 0.1) is 12.3 Å². The molecule has 0 atom stereocenters. The number of rotatable bonds is 1. The van der Waals surface area contributed by atoms with Gasteiger partial charge in [0.2, 0.25) is 0 Å². The second-order valence-electron chi connectivity index (χ2n) is 3.72. The van der Waals surface area contributed by atoms with Crippen molar-refractivity contribution >= 4 is 10.9 Å². The van der Waals surface area contributed by atoms with Gasteiger partial charge in [-0.05, 0) is 18.9 Å². The Bertz CT molecular complexity index is 527. The normalized spacial score (nSPS) is 15.6. The maximum Gasteiger partial charge on any atom is 0.0682 e. The smallest absolute Gasteiger partial charge is 0.0682 e. The summed E-state index contributed by atoms with van der Waals surface area (Å²) in [6, 6.07) is 2.65. The van der Waals surface area contributed by atoms with Gasteiger partial charge < -0.3 is 4.57 Å². The van der Waals surface area contributed by atoms with Crippen molar-refractivity contribution in [3.05, 3.63) is 30.2 Å². The Morgan fingerprint density at radius 2 is 2.36 bits per heavy atom. The highest BCUT2D eigenvalue weighted by atomic mass is 15.0. The van der Waals surface area contributed by atoms with Crippen molar-refractivity contribution in [1.29, 1.82) is 0 Å². The summed E-state index contributed by atoms with van der Waals surface area (Å²) >= 11 is 0. The molecule has 0 N–H and O–H groups in total. The monoisotopic (exact) mass is 182 g/mol. The van der Waals surface area contributed by atoms with Gasteiger partial charge in [-0.1, -0.05) is 5.92 Å². The SMILES string of the molecule is C#Cc1cn(C2CC2)c2cnccc12. The third-order valence-electron chi connectivity index (χ3n) is 2.73. The maximum absolute atomic E-state index is 5.47. The van der Waals surface area contributed by atoms with E-state index in [9.17, 15) is 0 Å². The predicted octanol–water partition coefficient (Wildman–Crippen LogP) is 2.35. The number of aromatic nitrogens is 2. The topological polar surface area (TPSA) is 17.8 Å². The molecule has 0 radical (unpaired) electrons. The molecule has 0 bridgehead atoms. The molecule has 1 saturated carbocycles. The van der Waals surface area contributed by atoms with E-state index in [-0.39, 0.29) is 0 Å². The van der Waals surface area contributed by atoms with Crippen LogP contribution in [-0.4, -0.2) is 9.55 Å². The van der Waals surface area contributed by atoms with Gasteiger partial charge in [-0.15, -0.1) is 6.42 Å². The molecule has 0 saturated heterocycles. The van der Waals surface area contributed by atoms with E-state index in [1.165, 1.54) is 18.4 Å². The first kappa shape index (κ1) is 7.64. The first-order chi connectivity index (χ1) is 6.90. The first-order valence-corrected chi connectivity index (χ1v) is 4.81. The van der Waals surface area contributed by atoms with E-state index in [4.69, 9.17) is 6.42 Å². The minimum absolute atomic E-state index is 0.656. The summed E-state index contributed by atoms with van der Waals surface area (Å²) in [6.45, 7) is 0. The largest absolute Gasteiger partial charge is 0.342 e. The summed E-state index contributed by atoms with van der Waals surface area (Å²) in [4.78, 5) is 4.14. The lowest BCUT2D eigenvalue weighted by molar-refractivity contribution is 0.774. The second-order valence-corrected chi connectivity index (χ2v) is 3.72. The molecule has 2 heteroatoms. The van der Waals surface area contributed by atoms with Gasteiger partial charge in [-0.25, -0.2) is 0 Å². The lowest BCUT2D eigenvalue weighted by Crippen LogP contribution is -1.90. The Hall–Kier alpha value is -1.75. The molecule has 0 amide bonds. The van der Waals surface area contributed by atoms with Crippen LogP contribution in [0.25, 0.3) is 10.9 Å². The lowest BCUT2D eigenvalue weighted by atomic mass is 10.2. The second kappa shape index (κ2) is 2.62. The Morgan fingerprint density at radius 3 is 3.07 bits per heavy atom. The Kier molecular flexibility index (Phi) is 1.43. The van der Waals surface area contributed by atoms with Crippen molar-refractivity contribution < 1.29 is 0 Å². The quantitative estimate of drug-likeness (QED) is 0.619. The highest BCUT2D eigenvalue weighted by Gasteiger charge is 2.25. The van der Waals surface area contributed by atoms with Crippen molar-refractivity contribution in [3.8, 4) is 12.3 Å². The van der Waals surface area contributed by atoms with Crippen molar-refractivity contribution in [3.63, 3.8) is 0 Å². The molecule has 0 aromatic carbocycles. The third-order valence-corrected chi connectivity index (χ3v) is 2.73. The zero-order chi connectivity index (χ0) is 9.54. The molecule has 68 valence electrons. The number of terminal acetylenes is 1. The summed E-state index contributed by atoms with van der Waals surface area (Å²) in [5.74, 6) is 2.72. The molecule has 2 aromatic heterocycles. The number of hydrogen-bond donors (Lipinski definition) is 0. The van der Waals surface area contributed by atoms with Crippen LogP contribution < -0.4 is 0 Å². The van der Waals surface area contributed by atoms with Crippen molar-refractivity contribution in [2.45, 2.75) is 18.9 Å². The van der Waals surface area contributed by atoms with Crippen LogP contribution in [0.1, 0.15) is 24.4 Å². The number of fused-ring (bicyclic) bond motifs is 1. The van der Waals surface area contributed by atoms with Crippen LogP contribution >= 0.6 is 0 Å². The van der Waals surface area contributed by atoms with Crippen LogP contribution in [0.5, 0.6) is 0 Å². The Morgan fingerprint density at radius 1 is 1.50 bits per heavy atom. The van der Waals surface area contributed by atoms with Gasteiger partial charge in [0.05, 0.1) is 11.7 Å². The van der Waals surface area contributed by atoms with E-state index in [0.29, 0.717) is 6.04 Å². The zero-order valence-electron chi connectivity index (χ0n) is 7.77. The van der Waals surface area contributed by atoms with Crippen LogP contribution in [-0.2, 0) is 0 Å². The van der Waals surface area contributed by atoms with E-state index in [1.54, 1.807) is 6.20 Å². The van der Waals surface area contributed by atoms with Crippen LogP contribution in [0.2, 0.25) is 0 Å². The standard InChI is InChI=1S/C12H10N2/c1-2-9-8-14(10-3-4-10)12-7-13-6-5-11(9)12/h1,5-8,10H,3-4H2. The van der Waals surface area contributed by atoms with E-state index in [0.717, 1.165) is 10.9 Å². The fourth-order valence-electron chi connectivity index (χ4n) is 1.87. The minimum atomic E-state index is 0.656. The molecule has 0 unspecified atom stereocenters. The number of nitrogens with zero attached hydrogens (tertiary/aromatic N) is 2. The van der Waals surface area contributed by atoms with E-state index < -0.39 is 0 Å². The van der Waals surface area contributed by atoms with Crippen molar-refractivity contribution in [2.75, 3.05) is 0 Å². The van der Waals surface area contributed by atoms with Gasteiger partial charge in [0.15, 0.2) is 0 Å². The summed E-state index contributed by atoms with van der Waals surface area (Å²) in [5, 5.41) is 1.15. The number of pyridine rings is 1. The predicted molar refractivity (Wildman–Crippen MR) is 55.9 cm³/mol. The summed E-state index contributed by atoms with van der Waals surface area (Å²) in [5.41, 5.74) is 2.15. The molecular weight excluding hydrogens is 172 g/mol. The van der Waals surface area contributed by atoms with Gasteiger partial charge >= 0.3 is 0 Å². The lowest BCUT2D eigenvalue weighted by Gasteiger charge is -1.99. The number of hydrogen-bond acceptors (Lipinski definition) is 1. The summed E-state index contributed by atoms with van der Waals surface area (Å²) in [7, 11) is 0. The zero-order valence-corrected chi connectivity index (χ0v) is 7.77. The molecule has 2 nitrogen and oxygen atoms in total. The van der Waals surface area contributed by atoms with Gasteiger partial charge in [0.25, 0.3) is 0 Å². The molecule has 14 heavy (non-hydrogen) atoms. The van der Waals surface area contributed by atoms with Gasteiger partial charge in [-0.2, -0.15) is 0 Å². The molecular formula is C12H10N2. The van der Waals surface area contributed by atoms with E-state index >= 15 is 0 Å². The molecule has 1 aliphatic carbocycles. The molecule has 3 rings (SSSR count). The average molecular weight is 182 g/mol. The van der Waals surface area contributed by atoms with Crippen molar-refractivity contribution in [1.82, 2.24) is 9.55 Å². The fraction of sp³-hybridized carbons (Fsp3) is 0.250. The average Bonchev–Trinajstić information content (AvgIpc) is 3.00. The minimum Gasteiger partial charge on any atom is -0.342 e. The third kappa shape index (κ3) is 0.958. The van der Waals surface area contributed by atoms with Crippen LogP contribution in [0.15, 0.2) is 24.7 Å².